The van der Waals surface area contributed by atoms with Gasteiger partial charge in [-0.25, -0.2) is 0 Å². The zero-order valence-electron chi connectivity index (χ0n) is 8.08. The minimum atomic E-state index is -0.0445. The van der Waals surface area contributed by atoms with Crippen LogP contribution in [0.3, 0.4) is 0 Å². The molecule has 1 saturated carbocycles. The van der Waals surface area contributed by atoms with Gasteiger partial charge in [0.05, 0.1) is 6.61 Å². The molecule has 0 spiro atoms. The predicted octanol–water partition coefficient (Wildman–Crippen LogP) is 0.938. The second kappa shape index (κ2) is 3.66. The number of hydrogen-bond acceptors (Lipinski definition) is 3. The lowest BCUT2D eigenvalue weighted by molar-refractivity contribution is -0.147. The van der Waals surface area contributed by atoms with E-state index in [1.807, 2.05) is 0 Å². The fourth-order valence-electron chi connectivity index (χ4n) is 1.72. The first-order valence-corrected chi connectivity index (χ1v) is 5.17. The standard InChI is InChI=1S/C10H17NO2/c1-7-4-5-11-9(7)10(12)13-6-8-2-3-8/h7-9,11H,2-6H2,1H3. The highest BCUT2D eigenvalue weighted by Gasteiger charge is 2.32. The molecule has 1 aliphatic heterocycles. The second-order valence-corrected chi connectivity index (χ2v) is 4.27. The number of carbonyl (C=O) groups is 1. The normalized spacial score (nSPS) is 33.3. The van der Waals surface area contributed by atoms with Crippen molar-refractivity contribution in [2.75, 3.05) is 13.2 Å². The quantitative estimate of drug-likeness (QED) is 0.662. The largest absolute Gasteiger partial charge is 0.464 e. The number of carbonyl (C=O) groups excluding carboxylic acids is 1. The van der Waals surface area contributed by atoms with Gasteiger partial charge in [-0.05, 0) is 37.6 Å². The van der Waals surface area contributed by atoms with Crippen LogP contribution in [0.4, 0.5) is 0 Å². The first-order valence-electron chi connectivity index (χ1n) is 5.17. The van der Waals surface area contributed by atoms with Crippen LogP contribution < -0.4 is 5.32 Å². The Labute approximate surface area is 78.8 Å². The van der Waals surface area contributed by atoms with E-state index in [2.05, 4.69) is 12.2 Å². The van der Waals surface area contributed by atoms with E-state index in [9.17, 15) is 4.79 Å². The van der Waals surface area contributed by atoms with Gasteiger partial charge in [0.15, 0.2) is 0 Å². The van der Waals surface area contributed by atoms with E-state index in [4.69, 9.17) is 4.74 Å². The van der Waals surface area contributed by atoms with Crippen LogP contribution in [-0.2, 0) is 9.53 Å². The topological polar surface area (TPSA) is 38.3 Å². The van der Waals surface area contributed by atoms with Gasteiger partial charge in [0.25, 0.3) is 0 Å². The Bertz CT molecular complexity index is 201. The van der Waals surface area contributed by atoms with E-state index in [0.717, 1.165) is 13.0 Å². The Hall–Kier alpha value is -0.570. The lowest BCUT2D eigenvalue weighted by Crippen LogP contribution is -2.36. The minimum Gasteiger partial charge on any atom is -0.464 e. The number of nitrogens with one attached hydrogen (secondary N) is 1. The van der Waals surface area contributed by atoms with Gasteiger partial charge in [-0.1, -0.05) is 6.92 Å². The summed E-state index contributed by atoms with van der Waals surface area (Å²) in [5, 5.41) is 3.18. The zero-order chi connectivity index (χ0) is 9.26. The van der Waals surface area contributed by atoms with Gasteiger partial charge in [-0.2, -0.15) is 0 Å². The number of hydrogen-bond donors (Lipinski definition) is 1. The molecule has 74 valence electrons. The lowest BCUT2D eigenvalue weighted by atomic mass is 10.0. The predicted molar refractivity (Wildman–Crippen MR) is 49.3 cm³/mol. The van der Waals surface area contributed by atoms with Gasteiger partial charge in [0.1, 0.15) is 6.04 Å². The Kier molecular flexibility index (Phi) is 2.54. The van der Waals surface area contributed by atoms with E-state index in [1.165, 1.54) is 12.8 Å². The summed E-state index contributed by atoms with van der Waals surface area (Å²) < 4.78 is 5.22. The molecule has 1 N–H and O–H groups in total. The molecule has 2 unspecified atom stereocenters. The highest BCUT2D eigenvalue weighted by Crippen LogP contribution is 2.29. The van der Waals surface area contributed by atoms with Gasteiger partial charge >= 0.3 is 5.97 Å². The molecule has 1 heterocycles. The monoisotopic (exact) mass is 183 g/mol. The van der Waals surface area contributed by atoms with Crippen molar-refractivity contribution in [2.45, 2.75) is 32.2 Å². The molecule has 0 aromatic carbocycles. The molecule has 13 heavy (non-hydrogen) atoms. The molecule has 2 atom stereocenters. The van der Waals surface area contributed by atoms with E-state index in [1.54, 1.807) is 0 Å². The van der Waals surface area contributed by atoms with Gasteiger partial charge < -0.3 is 10.1 Å². The molecule has 0 aromatic rings. The van der Waals surface area contributed by atoms with Crippen molar-refractivity contribution in [1.29, 1.82) is 0 Å². The molecule has 1 saturated heterocycles. The molecule has 0 aromatic heterocycles. The fourth-order valence-corrected chi connectivity index (χ4v) is 1.72. The van der Waals surface area contributed by atoms with Crippen LogP contribution in [0.25, 0.3) is 0 Å². The zero-order valence-corrected chi connectivity index (χ0v) is 8.08. The Balaban J connectivity index is 1.74. The molecule has 2 fully saturated rings. The Morgan fingerprint density at radius 1 is 1.46 bits per heavy atom. The maximum atomic E-state index is 11.5. The van der Waals surface area contributed by atoms with Crippen LogP contribution in [0.5, 0.6) is 0 Å². The average Bonchev–Trinajstić information content (AvgIpc) is 2.84. The molecular formula is C10H17NO2. The van der Waals surface area contributed by atoms with Gasteiger partial charge in [0.2, 0.25) is 0 Å². The number of rotatable bonds is 3. The van der Waals surface area contributed by atoms with Crippen molar-refractivity contribution in [3.63, 3.8) is 0 Å². The molecule has 0 bridgehead atoms. The van der Waals surface area contributed by atoms with Crippen molar-refractivity contribution in [1.82, 2.24) is 5.32 Å². The molecule has 3 heteroatoms. The summed E-state index contributed by atoms with van der Waals surface area (Å²) in [6, 6.07) is -0.0428. The maximum Gasteiger partial charge on any atom is 0.323 e. The van der Waals surface area contributed by atoms with Gasteiger partial charge in [0, 0.05) is 0 Å². The van der Waals surface area contributed by atoms with E-state index in [-0.39, 0.29) is 12.0 Å². The van der Waals surface area contributed by atoms with Crippen LogP contribution in [0, 0.1) is 11.8 Å². The maximum absolute atomic E-state index is 11.5. The molecule has 2 rings (SSSR count). The smallest absolute Gasteiger partial charge is 0.323 e. The summed E-state index contributed by atoms with van der Waals surface area (Å²) in [5.74, 6) is 1.06. The van der Waals surface area contributed by atoms with Crippen LogP contribution in [0.1, 0.15) is 26.2 Å². The molecule has 3 nitrogen and oxygen atoms in total. The van der Waals surface area contributed by atoms with Crippen LogP contribution >= 0.6 is 0 Å². The molecule has 0 amide bonds. The van der Waals surface area contributed by atoms with Gasteiger partial charge in [-0.15, -0.1) is 0 Å². The first-order chi connectivity index (χ1) is 6.27. The third-order valence-electron chi connectivity index (χ3n) is 2.95. The van der Waals surface area contributed by atoms with Crippen molar-refractivity contribution in [3.8, 4) is 0 Å². The lowest BCUT2D eigenvalue weighted by Gasteiger charge is -2.14. The molecular weight excluding hydrogens is 166 g/mol. The third-order valence-corrected chi connectivity index (χ3v) is 2.95. The van der Waals surface area contributed by atoms with Gasteiger partial charge in [-0.3, -0.25) is 4.79 Å². The summed E-state index contributed by atoms with van der Waals surface area (Å²) in [6.07, 6.45) is 3.56. The van der Waals surface area contributed by atoms with Crippen LogP contribution in [0.2, 0.25) is 0 Å². The summed E-state index contributed by atoms with van der Waals surface area (Å²) in [4.78, 5) is 11.5. The highest BCUT2D eigenvalue weighted by atomic mass is 16.5. The summed E-state index contributed by atoms with van der Waals surface area (Å²) in [7, 11) is 0. The van der Waals surface area contributed by atoms with Crippen LogP contribution in [0.15, 0.2) is 0 Å². The highest BCUT2D eigenvalue weighted by molar-refractivity contribution is 5.76. The molecule has 1 aliphatic carbocycles. The Morgan fingerprint density at radius 2 is 2.23 bits per heavy atom. The van der Waals surface area contributed by atoms with Crippen LogP contribution in [-0.4, -0.2) is 25.2 Å². The van der Waals surface area contributed by atoms with E-state index in [0.29, 0.717) is 18.4 Å². The third kappa shape index (κ3) is 2.21. The Morgan fingerprint density at radius 3 is 2.77 bits per heavy atom. The molecule has 2 aliphatic rings. The van der Waals surface area contributed by atoms with E-state index >= 15 is 0 Å². The summed E-state index contributed by atoms with van der Waals surface area (Å²) in [5.41, 5.74) is 0. The van der Waals surface area contributed by atoms with E-state index < -0.39 is 0 Å². The van der Waals surface area contributed by atoms with Crippen molar-refractivity contribution in [2.24, 2.45) is 11.8 Å². The second-order valence-electron chi connectivity index (χ2n) is 4.27. The fraction of sp³-hybridized carbons (Fsp3) is 0.900. The molecule has 0 radical (unpaired) electrons. The van der Waals surface area contributed by atoms with Crippen molar-refractivity contribution < 1.29 is 9.53 Å². The summed E-state index contributed by atoms with van der Waals surface area (Å²) >= 11 is 0. The van der Waals surface area contributed by atoms with Crippen molar-refractivity contribution in [3.05, 3.63) is 0 Å². The van der Waals surface area contributed by atoms with Crippen molar-refractivity contribution >= 4 is 5.97 Å². The summed E-state index contributed by atoms with van der Waals surface area (Å²) in [6.45, 7) is 3.69. The minimum absolute atomic E-state index is 0.0428. The number of ether oxygens (including phenoxy) is 1. The SMILES string of the molecule is CC1CCNC1C(=O)OCC1CC1. The first kappa shape index (κ1) is 9.00. The number of esters is 1. The average molecular weight is 183 g/mol.